The first-order valence-corrected chi connectivity index (χ1v) is 20.7. The van der Waals surface area contributed by atoms with Crippen molar-refractivity contribution in [2.75, 3.05) is 10.6 Å². The fourth-order valence-electron chi connectivity index (χ4n) is 5.88. The molecule has 7 aromatic rings. The van der Waals surface area contributed by atoms with Crippen LogP contribution >= 0.6 is 0 Å². The van der Waals surface area contributed by atoms with Crippen molar-refractivity contribution in [1.82, 2.24) is 0 Å². The van der Waals surface area contributed by atoms with Gasteiger partial charge in [-0.15, -0.1) is 10.2 Å². The first kappa shape index (κ1) is 42.7. The topological polar surface area (TPSA) is 294 Å². The number of hydrogen-bond donors (Lipinski definition) is 7. The molecule has 0 spiro atoms. The molecule has 0 aliphatic carbocycles. The number of urea groups is 1. The van der Waals surface area contributed by atoms with Gasteiger partial charge in [0, 0.05) is 22.1 Å². The van der Waals surface area contributed by atoms with Crippen molar-refractivity contribution in [1.29, 1.82) is 0 Å². The standard InChI is InChI=1S/C37H26N6O12S3.Na.H/c44-35-29-12-9-25(15-22(29)18-31(57(50,51)52)33(35)42-40-24-4-2-1-3-5-24)38-37(46)39-26-10-13-30-23(16-26)19-32(58(53,54)55)34(36(30)45)43-41-27-8-6-21-17-28(56(47,48)49)11-7-20(21)14-27;;/h1-19,44-45H,(H2,38,39,46)(H,47,48,49)(H,50,51,52)(H,53,54,55);;/q;+1;-1. The first-order valence-electron chi connectivity index (χ1n) is 16.4. The van der Waals surface area contributed by atoms with E-state index in [-0.39, 0.29) is 74.5 Å². The summed E-state index contributed by atoms with van der Waals surface area (Å²) >= 11 is 0. The summed E-state index contributed by atoms with van der Waals surface area (Å²) < 4.78 is 102. The molecule has 0 saturated carbocycles. The number of phenolic OH excluding ortho intramolecular Hbond substituents is 2. The molecular formula is C37H27N6NaO12S3. The summed E-state index contributed by atoms with van der Waals surface area (Å²) in [6.45, 7) is 0. The van der Waals surface area contributed by atoms with Crippen molar-refractivity contribution < 1.29 is 84.9 Å². The van der Waals surface area contributed by atoms with Crippen LogP contribution < -0.4 is 40.2 Å². The molecule has 0 aromatic heterocycles. The number of aromatic hydroxyl groups is 2. The normalized spacial score (nSPS) is 12.3. The molecule has 59 heavy (non-hydrogen) atoms. The van der Waals surface area contributed by atoms with Gasteiger partial charge >= 0.3 is 35.6 Å². The monoisotopic (exact) mass is 866 g/mol. The number of fused-ring (bicyclic) bond motifs is 3. The fraction of sp³-hybridized carbons (Fsp3) is 0. The molecule has 18 nitrogen and oxygen atoms in total. The number of azo groups is 2. The van der Waals surface area contributed by atoms with Gasteiger partial charge < -0.3 is 22.3 Å². The Bertz CT molecular complexity index is 3270. The third-order valence-corrected chi connectivity index (χ3v) is 11.1. The van der Waals surface area contributed by atoms with E-state index in [0.717, 1.165) is 12.1 Å². The zero-order chi connectivity index (χ0) is 41.6. The van der Waals surface area contributed by atoms with Crippen molar-refractivity contribution in [3.63, 3.8) is 0 Å². The predicted octanol–water partition coefficient (Wildman–Crippen LogP) is 5.89. The van der Waals surface area contributed by atoms with Crippen LogP contribution in [-0.4, -0.2) is 55.2 Å². The molecule has 0 bridgehead atoms. The summed E-state index contributed by atoms with van der Waals surface area (Å²) in [5, 5.41) is 44.1. The molecule has 0 fully saturated rings. The van der Waals surface area contributed by atoms with E-state index in [9.17, 15) is 53.9 Å². The van der Waals surface area contributed by atoms with E-state index in [0.29, 0.717) is 16.5 Å². The molecule has 0 unspecified atom stereocenters. The molecule has 296 valence electrons. The maximum atomic E-state index is 13.0. The summed E-state index contributed by atoms with van der Waals surface area (Å²) in [7, 11) is -14.4. The number of nitrogens with one attached hydrogen (secondary N) is 2. The number of phenols is 2. The van der Waals surface area contributed by atoms with E-state index in [1.807, 2.05) is 0 Å². The largest absolute Gasteiger partial charge is 1.00 e. The number of carbonyl (C=O) groups excluding carboxylic acids is 1. The van der Waals surface area contributed by atoms with Gasteiger partial charge in [-0.3, -0.25) is 13.7 Å². The van der Waals surface area contributed by atoms with Crippen LogP contribution in [0.1, 0.15) is 1.43 Å². The Morgan fingerprint density at radius 1 is 0.492 bits per heavy atom. The van der Waals surface area contributed by atoms with Crippen molar-refractivity contribution >= 4 is 103 Å². The number of rotatable bonds is 9. The van der Waals surface area contributed by atoms with Crippen molar-refractivity contribution in [2.24, 2.45) is 20.5 Å². The molecule has 7 rings (SSSR count). The fourth-order valence-corrected chi connectivity index (χ4v) is 7.71. The molecular weight excluding hydrogens is 840 g/mol. The summed E-state index contributed by atoms with van der Waals surface area (Å²) in [4.78, 5) is 11.2. The van der Waals surface area contributed by atoms with E-state index in [1.165, 1.54) is 72.8 Å². The van der Waals surface area contributed by atoms with Crippen LogP contribution in [0.15, 0.2) is 150 Å². The van der Waals surface area contributed by atoms with Gasteiger partial charge in [-0.2, -0.15) is 35.5 Å². The molecule has 2 amide bonds. The van der Waals surface area contributed by atoms with Gasteiger partial charge in [0.05, 0.1) is 16.3 Å². The Morgan fingerprint density at radius 3 is 1.46 bits per heavy atom. The second-order valence-electron chi connectivity index (χ2n) is 12.4. The van der Waals surface area contributed by atoms with Gasteiger partial charge in [-0.05, 0) is 106 Å². The van der Waals surface area contributed by atoms with Crippen molar-refractivity contribution in [3.05, 3.63) is 115 Å². The number of hydrogen-bond acceptors (Lipinski definition) is 13. The number of carbonyl (C=O) groups is 1. The molecule has 0 aliphatic rings. The molecule has 0 radical (unpaired) electrons. The van der Waals surface area contributed by atoms with Gasteiger partial charge in [-0.25, -0.2) is 4.79 Å². The van der Waals surface area contributed by atoms with Crippen LogP contribution in [0.4, 0.5) is 38.9 Å². The van der Waals surface area contributed by atoms with Gasteiger partial charge in [0.1, 0.15) is 21.2 Å². The average Bonchev–Trinajstić information content (AvgIpc) is 3.16. The third-order valence-electron chi connectivity index (χ3n) is 8.55. The van der Waals surface area contributed by atoms with Gasteiger partial charge in [0.2, 0.25) is 0 Å². The van der Waals surface area contributed by atoms with Crippen LogP contribution in [0, 0.1) is 0 Å². The Balaban J connectivity index is 0.00000341. The van der Waals surface area contributed by atoms with Crippen LogP contribution in [-0.2, 0) is 30.4 Å². The summed E-state index contributed by atoms with van der Waals surface area (Å²) in [6, 6.07) is 25.8. The summed E-state index contributed by atoms with van der Waals surface area (Å²) in [6.07, 6.45) is 0. The van der Waals surface area contributed by atoms with Gasteiger partial charge in [0.15, 0.2) is 11.5 Å². The molecule has 7 aromatic carbocycles. The Labute approximate surface area is 358 Å². The van der Waals surface area contributed by atoms with Crippen LogP contribution in [0.3, 0.4) is 0 Å². The zero-order valence-electron chi connectivity index (χ0n) is 31.1. The van der Waals surface area contributed by atoms with Gasteiger partial charge in [0.25, 0.3) is 30.4 Å². The Kier molecular flexibility index (Phi) is 11.9. The quantitative estimate of drug-likeness (QED) is 0.0508. The van der Waals surface area contributed by atoms with Gasteiger partial charge in [-0.1, -0.05) is 30.3 Å². The molecule has 0 aliphatic heterocycles. The molecule has 7 N–H and O–H groups in total. The maximum absolute atomic E-state index is 13.0. The SMILES string of the molecule is O=C(Nc1ccc2c(O)c(N=Nc3ccccc3)c(S(=O)(=O)O)cc2c1)Nc1ccc2c(O)c(N=Nc3ccc4cc(S(=O)(=O)O)ccc4c3)c(S(=O)(=O)O)cc2c1.[H-].[Na+]. The Morgan fingerprint density at radius 2 is 0.966 bits per heavy atom. The second-order valence-corrected chi connectivity index (χ2v) is 16.7. The Hall–Kier alpha value is -5.88. The summed E-state index contributed by atoms with van der Waals surface area (Å²) in [5.74, 6) is -1.27. The maximum Gasteiger partial charge on any atom is 1.00 e. The van der Waals surface area contributed by atoms with Crippen molar-refractivity contribution in [3.8, 4) is 11.5 Å². The smallest absolute Gasteiger partial charge is 1.00 e. The molecule has 0 saturated heterocycles. The number of anilines is 2. The zero-order valence-corrected chi connectivity index (χ0v) is 34.5. The van der Waals surface area contributed by atoms with E-state index in [2.05, 4.69) is 31.1 Å². The van der Waals surface area contributed by atoms with Crippen molar-refractivity contribution in [2.45, 2.75) is 14.7 Å². The number of benzene rings is 7. The van der Waals surface area contributed by atoms with E-state index < -0.39 is 69.1 Å². The van der Waals surface area contributed by atoms with Crippen LogP contribution in [0.2, 0.25) is 0 Å². The van der Waals surface area contributed by atoms with E-state index in [4.69, 9.17) is 0 Å². The van der Waals surface area contributed by atoms with E-state index in [1.54, 1.807) is 30.3 Å². The molecule has 0 heterocycles. The summed E-state index contributed by atoms with van der Waals surface area (Å²) in [5.41, 5.74) is -0.351. The third kappa shape index (κ3) is 9.38. The number of nitrogens with zero attached hydrogens (tertiary/aromatic N) is 4. The van der Waals surface area contributed by atoms with E-state index >= 15 is 0 Å². The predicted molar refractivity (Wildman–Crippen MR) is 213 cm³/mol. The minimum Gasteiger partial charge on any atom is -1.00 e. The van der Waals surface area contributed by atoms with Crippen LogP contribution in [0.5, 0.6) is 11.5 Å². The average molecular weight is 867 g/mol. The van der Waals surface area contributed by atoms with Crippen LogP contribution in [0.25, 0.3) is 32.3 Å². The molecule has 0 atom stereocenters. The molecule has 22 heteroatoms. The minimum atomic E-state index is -5.01. The first-order chi connectivity index (χ1) is 27.3. The second kappa shape index (κ2) is 16.4. The number of amides is 2. The minimum absolute atomic E-state index is 0.